The van der Waals surface area contributed by atoms with E-state index in [9.17, 15) is 14.4 Å². The van der Waals surface area contributed by atoms with Crippen molar-refractivity contribution in [2.75, 3.05) is 6.61 Å². The molecule has 5 heteroatoms. The Bertz CT molecular complexity index is 689. The van der Waals surface area contributed by atoms with Crippen LogP contribution in [0.2, 0.25) is 0 Å². The first-order valence-corrected chi connectivity index (χ1v) is 21.4. The summed E-state index contributed by atoms with van der Waals surface area (Å²) in [4.78, 5) is 36.7. The van der Waals surface area contributed by atoms with Crippen LogP contribution in [0.4, 0.5) is 0 Å². The summed E-state index contributed by atoms with van der Waals surface area (Å²) in [6.07, 6.45) is 38.7. The van der Waals surface area contributed by atoms with Gasteiger partial charge in [0.05, 0.1) is 6.61 Å². The highest BCUT2D eigenvalue weighted by atomic mass is 16.5. The van der Waals surface area contributed by atoms with Crippen LogP contribution in [0.25, 0.3) is 0 Å². The average molecular weight is 679 g/mol. The quantitative estimate of drug-likeness (QED) is 0.0478. The lowest BCUT2D eigenvalue weighted by atomic mass is 10.0. The zero-order valence-electron chi connectivity index (χ0n) is 32.6. The van der Waals surface area contributed by atoms with E-state index >= 15 is 0 Å². The molecule has 0 bridgehead atoms. The van der Waals surface area contributed by atoms with Gasteiger partial charge in [-0.1, -0.05) is 162 Å². The third-order valence-electron chi connectivity index (χ3n) is 9.74. The molecule has 0 unspecified atom stereocenters. The Morgan fingerprint density at radius 3 is 1.15 bits per heavy atom. The van der Waals surface area contributed by atoms with Crippen molar-refractivity contribution in [3.63, 3.8) is 0 Å². The van der Waals surface area contributed by atoms with Crippen LogP contribution in [0.15, 0.2) is 0 Å². The van der Waals surface area contributed by atoms with E-state index in [1.165, 1.54) is 109 Å². The molecule has 0 amide bonds. The third-order valence-corrected chi connectivity index (χ3v) is 9.74. The van der Waals surface area contributed by atoms with Crippen LogP contribution in [-0.2, 0) is 23.9 Å². The summed E-state index contributed by atoms with van der Waals surface area (Å²) in [7, 11) is 0. The van der Waals surface area contributed by atoms with Crippen LogP contribution in [0, 0.1) is 0 Å². The second-order valence-electron chi connectivity index (χ2n) is 14.6. The number of carbonyl (C=O) groups is 3. The van der Waals surface area contributed by atoms with Crippen molar-refractivity contribution in [1.29, 1.82) is 0 Å². The lowest BCUT2D eigenvalue weighted by Crippen LogP contribution is -2.18. The van der Waals surface area contributed by atoms with E-state index in [1.54, 1.807) is 0 Å². The maximum atomic E-state index is 12.6. The Balaban J connectivity index is 3.74. The second kappa shape index (κ2) is 38.4. The second-order valence-corrected chi connectivity index (χ2v) is 14.6. The van der Waals surface area contributed by atoms with Crippen molar-refractivity contribution in [1.82, 2.24) is 0 Å². The lowest BCUT2D eigenvalue weighted by molar-refractivity contribution is -0.150. The number of ketones is 1. The van der Waals surface area contributed by atoms with Gasteiger partial charge in [-0.25, -0.2) is 0 Å². The van der Waals surface area contributed by atoms with Gasteiger partial charge in [-0.15, -0.1) is 0 Å². The van der Waals surface area contributed by atoms with Gasteiger partial charge >= 0.3 is 11.9 Å². The molecule has 48 heavy (non-hydrogen) atoms. The Kier molecular flexibility index (Phi) is 37.3. The molecule has 0 spiro atoms. The summed E-state index contributed by atoms with van der Waals surface area (Å²) in [5.41, 5.74) is 0. The van der Waals surface area contributed by atoms with E-state index in [0.29, 0.717) is 31.7 Å². The zero-order chi connectivity index (χ0) is 35.2. The molecule has 0 aromatic rings. The highest BCUT2D eigenvalue weighted by Crippen LogP contribution is 2.19. The Morgan fingerprint density at radius 1 is 0.375 bits per heavy atom. The number of unbranched alkanes of at least 4 members (excludes halogenated alkanes) is 24. The summed E-state index contributed by atoms with van der Waals surface area (Å²) < 4.78 is 11.3. The number of ether oxygens (including phenoxy) is 2. The van der Waals surface area contributed by atoms with E-state index in [-0.39, 0.29) is 18.0 Å². The molecule has 0 N–H and O–H groups in total. The molecule has 5 nitrogen and oxygen atoms in total. The van der Waals surface area contributed by atoms with Gasteiger partial charge in [0.25, 0.3) is 0 Å². The number of Topliss-reactive ketones (excluding diaryl/α,β-unsaturated/α-hetero) is 1. The first kappa shape index (κ1) is 46.6. The summed E-state index contributed by atoms with van der Waals surface area (Å²) >= 11 is 0. The average Bonchev–Trinajstić information content (AvgIpc) is 3.08. The van der Waals surface area contributed by atoms with E-state index in [0.717, 1.165) is 96.3 Å². The summed E-state index contributed by atoms with van der Waals surface area (Å²) in [5, 5.41) is 0. The number of esters is 2. The highest BCUT2D eigenvalue weighted by Gasteiger charge is 2.14. The molecule has 0 aliphatic heterocycles. The van der Waals surface area contributed by atoms with Gasteiger partial charge in [-0.3, -0.25) is 14.4 Å². The molecular formula is C43H82O5. The monoisotopic (exact) mass is 679 g/mol. The van der Waals surface area contributed by atoms with E-state index in [1.807, 2.05) is 0 Å². The van der Waals surface area contributed by atoms with E-state index in [2.05, 4.69) is 20.8 Å². The SMILES string of the molecule is CCCCCCCCC(CCCCCCCC)OC(=O)CCCCCCCC(=O)CCCCCCCCCC(=O)OCCCCCCC. The van der Waals surface area contributed by atoms with Crippen molar-refractivity contribution in [2.45, 2.75) is 252 Å². The smallest absolute Gasteiger partial charge is 0.306 e. The predicted molar refractivity (Wildman–Crippen MR) is 204 cm³/mol. The van der Waals surface area contributed by atoms with Crippen LogP contribution < -0.4 is 0 Å². The minimum atomic E-state index is -0.0370. The molecule has 284 valence electrons. The van der Waals surface area contributed by atoms with Gasteiger partial charge in [-0.2, -0.15) is 0 Å². The number of carbonyl (C=O) groups excluding carboxylic acids is 3. The number of hydrogen-bond acceptors (Lipinski definition) is 5. The maximum absolute atomic E-state index is 12.6. The van der Waals surface area contributed by atoms with Gasteiger partial charge in [-0.05, 0) is 57.8 Å². The molecule has 0 atom stereocenters. The molecule has 0 saturated heterocycles. The molecule has 0 radical (unpaired) electrons. The Labute approximate surface area is 299 Å². The number of hydrogen-bond donors (Lipinski definition) is 0. The third kappa shape index (κ3) is 35.9. The highest BCUT2D eigenvalue weighted by molar-refractivity contribution is 5.78. The van der Waals surface area contributed by atoms with Crippen molar-refractivity contribution in [3.8, 4) is 0 Å². The largest absolute Gasteiger partial charge is 0.466 e. The first-order valence-electron chi connectivity index (χ1n) is 21.4. The summed E-state index contributed by atoms with van der Waals surface area (Å²) in [6.45, 7) is 7.30. The molecule has 0 aliphatic rings. The molecule has 0 rings (SSSR count). The standard InChI is InChI=1S/C43H82O5/c1-4-7-10-13-21-28-35-41(36-29-22-14-11-8-5-2)48-43(46)38-31-24-18-20-27-34-40(44)33-26-19-16-15-17-23-30-37-42(45)47-39-32-25-12-9-6-3/h41H,4-39H2,1-3H3. The molecule has 0 aromatic carbocycles. The Hall–Kier alpha value is -1.39. The van der Waals surface area contributed by atoms with Crippen molar-refractivity contribution >= 4 is 17.7 Å². The van der Waals surface area contributed by atoms with Crippen molar-refractivity contribution in [2.24, 2.45) is 0 Å². The van der Waals surface area contributed by atoms with Gasteiger partial charge < -0.3 is 9.47 Å². The number of rotatable bonds is 39. The van der Waals surface area contributed by atoms with Crippen LogP contribution in [0.3, 0.4) is 0 Å². The fourth-order valence-electron chi connectivity index (χ4n) is 6.50. The van der Waals surface area contributed by atoms with Crippen LogP contribution in [-0.4, -0.2) is 30.4 Å². The van der Waals surface area contributed by atoms with Gasteiger partial charge in [0.1, 0.15) is 11.9 Å². The predicted octanol–water partition coefficient (Wildman–Crippen LogP) is 13.7. The molecule has 0 fully saturated rings. The molecule has 0 saturated carbocycles. The maximum Gasteiger partial charge on any atom is 0.306 e. The van der Waals surface area contributed by atoms with Gasteiger partial charge in [0.15, 0.2) is 0 Å². The molecule has 0 aliphatic carbocycles. The Morgan fingerprint density at radius 2 is 0.708 bits per heavy atom. The van der Waals surface area contributed by atoms with Gasteiger partial charge in [0.2, 0.25) is 0 Å². The minimum absolute atomic E-state index is 0.00403. The fraction of sp³-hybridized carbons (Fsp3) is 0.930. The van der Waals surface area contributed by atoms with Crippen molar-refractivity contribution < 1.29 is 23.9 Å². The van der Waals surface area contributed by atoms with Gasteiger partial charge in [0, 0.05) is 25.7 Å². The van der Waals surface area contributed by atoms with E-state index in [4.69, 9.17) is 9.47 Å². The topological polar surface area (TPSA) is 69.7 Å². The van der Waals surface area contributed by atoms with Crippen LogP contribution >= 0.6 is 0 Å². The zero-order valence-corrected chi connectivity index (χ0v) is 32.6. The van der Waals surface area contributed by atoms with Crippen LogP contribution in [0.1, 0.15) is 245 Å². The molecule has 0 aromatic heterocycles. The summed E-state index contributed by atoms with van der Waals surface area (Å²) in [5.74, 6) is 0.366. The normalized spacial score (nSPS) is 11.3. The van der Waals surface area contributed by atoms with Crippen molar-refractivity contribution in [3.05, 3.63) is 0 Å². The molecule has 0 heterocycles. The van der Waals surface area contributed by atoms with E-state index < -0.39 is 0 Å². The lowest BCUT2D eigenvalue weighted by Gasteiger charge is -2.18. The fourth-order valence-corrected chi connectivity index (χ4v) is 6.50. The minimum Gasteiger partial charge on any atom is -0.466 e. The van der Waals surface area contributed by atoms with Crippen LogP contribution in [0.5, 0.6) is 0 Å². The molecular weight excluding hydrogens is 596 g/mol. The summed E-state index contributed by atoms with van der Waals surface area (Å²) in [6, 6.07) is 0. The first-order chi connectivity index (χ1) is 23.5.